The molecule has 0 saturated heterocycles. The van der Waals surface area contributed by atoms with Crippen LogP contribution in [0.25, 0.3) is 0 Å². The monoisotopic (exact) mass is 268 g/mol. The number of methoxy groups -OCH3 is 3. The molecule has 19 heavy (non-hydrogen) atoms. The summed E-state index contributed by atoms with van der Waals surface area (Å²) in [6, 6.07) is 3.48. The van der Waals surface area contributed by atoms with Gasteiger partial charge in [-0.15, -0.1) is 0 Å². The second kappa shape index (κ2) is 8.58. The fraction of sp³-hybridized carbons (Fsp3) is 0.538. The van der Waals surface area contributed by atoms with Crippen molar-refractivity contribution in [2.75, 3.05) is 34.5 Å². The van der Waals surface area contributed by atoms with E-state index in [9.17, 15) is 4.79 Å². The molecular weight excluding hydrogens is 248 g/mol. The molecule has 0 fully saturated rings. The second-order valence-corrected chi connectivity index (χ2v) is 3.97. The lowest BCUT2D eigenvalue weighted by molar-refractivity contribution is 0.0287. The molecule has 0 saturated carbocycles. The zero-order chi connectivity index (χ0) is 14.1. The van der Waals surface area contributed by atoms with Gasteiger partial charge in [-0.2, -0.15) is 0 Å². The van der Waals surface area contributed by atoms with Crippen LogP contribution in [0, 0.1) is 0 Å². The van der Waals surface area contributed by atoms with Crippen LogP contribution in [0.1, 0.15) is 16.1 Å². The molecule has 1 heterocycles. The molecule has 0 amide bonds. The first-order valence-electron chi connectivity index (χ1n) is 5.97. The fourth-order valence-corrected chi connectivity index (χ4v) is 1.53. The third-order valence-electron chi connectivity index (χ3n) is 2.61. The van der Waals surface area contributed by atoms with Gasteiger partial charge in [-0.3, -0.25) is 4.98 Å². The zero-order valence-electron chi connectivity index (χ0n) is 11.5. The largest absolute Gasteiger partial charge is 0.465 e. The molecule has 1 aromatic rings. The van der Waals surface area contributed by atoms with Crippen molar-refractivity contribution in [1.29, 1.82) is 0 Å². The molecule has 0 aliphatic rings. The van der Waals surface area contributed by atoms with E-state index in [0.29, 0.717) is 25.3 Å². The Morgan fingerprint density at radius 3 is 2.68 bits per heavy atom. The van der Waals surface area contributed by atoms with Crippen molar-refractivity contribution in [3.05, 3.63) is 29.6 Å². The number of rotatable bonds is 8. The Kier molecular flexibility index (Phi) is 7.02. The predicted molar refractivity (Wildman–Crippen MR) is 70.0 cm³/mol. The lowest BCUT2D eigenvalue weighted by Gasteiger charge is -2.14. The number of carbonyl (C=O) groups is 1. The van der Waals surface area contributed by atoms with Crippen LogP contribution in [0.5, 0.6) is 0 Å². The van der Waals surface area contributed by atoms with E-state index in [0.717, 1.165) is 5.69 Å². The molecular formula is C13H20N2O4. The standard InChI is InChI=1S/C13H20N2O4/c1-17-9-12(18-2)8-14-7-11-5-4-10(6-15-11)13(16)19-3/h4-6,12,14H,7-9H2,1-3H3. The number of carbonyl (C=O) groups excluding carboxylic acids is 1. The van der Waals surface area contributed by atoms with Gasteiger partial charge in [0, 0.05) is 33.5 Å². The van der Waals surface area contributed by atoms with Crippen LogP contribution in [-0.4, -0.2) is 51.5 Å². The van der Waals surface area contributed by atoms with Crippen molar-refractivity contribution in [2.24, 2.45) is 0 Å². The summed E-state index contributed by atoms with van der Waals surface area (Å²) in [5.41, 5.74) is 1.29. The molecule has 1 rings (SSSR count). The predicted octanol–water partition coefficient (Wildman–Crippen LogP) is 0.619. The molecule has 0 bridgehead atoms. The summed E-state index contributed by atoms with van der Waals surface area (Å²) in [7, 11) is 4.63. The zero-order valence-corrected chi connectivity index (χ0v) is 11.5. The number of nitrogens with zero attached hydrogens (tertiary/aromatic N) is 1. The number of aromatic nitrogens is 1. The molecule has 0 aliphatic heterocycles. The van der Waals surface area contributed by atoms with Crippen LogP contribution < -0.4 is 5.32 Å². The maximum atomic E-state index is 11.2. The molecule has 1 N–H and O–H groups in total. The van der Waals surface area contributed by atoms with Crippen molar-refractivity contribution in [3.63, 3.8) is 0 Å². The van der Waals surface area contributed by atoms with E-state index in [1.807, 2.05) is 0 Å². The number of ether oxygens (including phenoxy) is 3. The van der Waals surface area contributed by atoms with E-state index in [-0.39, 0.29) is 12.1 Å². The highest BCUT2D eigenvalue weighted by Gasteiger charge is 2.07. The molecule has 1 atom stereocenters. The Hall–Kier alpha value is -1.50. The quantitative estimate of drug-likeness (QED) is 0.697. The van der Waals surface area contributed by atoms with Crippen molar-refractivity contribution in [3.8, 4) is 0 Å². The van der Waals surface area contributed by atoms with Crippen molar-refractivity contribution in [1.82, 2.24) is 10.3 Å². The van der Waals surface area contributed by atoms with E-state index in [1.54, 1.807) is 26.4 Å². The van der Waals surface area contributed by atoms with E-state index < -0.39 is 0 Å². The minimum atomic E-state index is -0.383. The fourth-order valence-electron chi connectivity index (χ4n) is 1.53. The molecule has 106 valence electrons. The van der Waals surface area contributed by atoms with E-state index in [4.69, 9.17) is 9.47 Å². The molecule has 0 aromatic carbocycles. The van der Waals surface area contributed by atoms with E-state index in [2.05, 4.69) is 15.0 Å². The minimum absolute atomic E-state index is 0.0133. The highest BCUT2D eigenvalue weighted by molar-refractivity contribution is 5.88. The average Bonchev–Trinajstić information content (AvgIpc) is 2.46. The Labute approximate surface area is 113 Å². The first-order valence-corrected chi connectivity index (χ1v) is 5.97. The maximum absolute atomic E-state index is 11.2. The van der Waals surface area contributed by atoms with Gasteiger partial charge in [0.15, 0.2) is 0 Å². The molecule has 0 spiro atoms. The summed E-state index contributed by atoms with van der Waals surface area (Å²) in [5.74, 6) is -0.383. The van der Waals surface area contributed by atoms with Crippen LogP contribution in [-0.2, 0) is 20.8 Å². The maximum Gasteiger partial charge on any atom is 0.339 e. The van der Waals surface area contributed by atoms with Crippen molar-refractivity contribution < 1.29 is 19.0 Å². The molecule has 1 aromatic heterocycles. The van der Waals surface area contributed by atoms with Crippen LogP contribution in [0.4, 0.5) is 0 Å². The SMILES string of the molecule is COCC(CNCc1ccc(C(=O)OC)cn1)OC. The van der Waals surface area contributed by atoms with Crippen LogP contribution in [0.15, 0.2) is 18.3 Å². The van der Waals surface area contributed by atoms with Crippen molar-refractivity contribution >= 4 is 5.97 Å². The lowest BCUT2D eigenvalue weighted by Crippen LogP contribution is -2.31. The topological polar surface area (TPSA) is 69.7 Å². The number of pyridine rings is 1. The third-order valence-corrected chi connectivity index (χ3v) is 2.61. The molecule has 0 aliphatic carbocycles. The van der Waals surface area contributed by atoms with Gasteiger partial charge >= 0.3 is 5.97 Å². The molecule has 6 heteroatoms. The van der Waals surface area contributed by atoms with Crippen LogP contribution >= 0.6 is 0 Å². The summed E-state index contributed by atoms with van der Waals surface area (Å²) < 4.78 is 14.8. The summed E-state index contributed by atoms with van der Waals surface area (Å²) in [4.78, 5) is 15.4. The second-order valence-electron chi connectivity index (χ2n) is 3.97. The number of hydrogen-bond donors (Lipinski definition) is 1. The van der Waals surface area contributed by atoms with Gasteiger partial charge in [0.05, 0.1) is 31.1 Å². The van der Waals surface area contributed by atoms with E-state index >= 15 is 0 Å². The van der Waals surface area contributed by atoms with Crippen LogP contribution in [0.2, 0.25) is 0 Å². The smallest absolute Gasteiger partial charge is 0.339 e. The number of nitrogens with one attached hydrogen (secondary N) is 1. The molecule has 0 radical (unpaired) electrons. The van der Waals surface area contributed by atoms with Gasteiger partial charge in [-0.25, -0.2) is 4.79 Å². The average molecular weight is 268 g/mol. The summed E-state index contributed by atoms with van der Waals surface area (Å²) in [6.07, 6.45) is 1.52. The van der Waals surface area contributed by atoms with Gasteiger partial charge in [-0.05, 0) is 12.1 Å². The summed E-state index contributed by atoms with van der Waals surface area (Å²) >= 11 is 0. The Morgan fingerprint density at radius 1 is 1.37 bits per heavy atom. The Morgan fingerprint density at radius 2 is 2.16 bits per heavy atom. The van der Waals surface area contributed by atoms with Gasteiger partial charge < -0.3 is 19.5 Å². The lowest BCUT2D eigenvalue weighted by atomic mass is 10.2. The minimum Gasteiger partial charge on any atom is -0.465 e. The van der Waals surface area contributed by atoms with Gasteiger partial charge in [-0.1, -0.05) is 0 Å². The molecule has 1 unspecified atom stereocenters. The summed E-state index contributed by atoms with van der Waals surface area (Å²) in [6.45, 7) is 1.81. The van der Waals surface area contributed by atoms with Gasteiger partial charge in [0.25, 0.3) is 0 Å². The first-order chi connectivity index (χ1) is 9.21. The normalized spacial score (nSPS) is 12.2. The summed E-state index contributed by atoms with van der Waals surface area (Å²) in [5, 5.41) is 3.22. The Balaban J connectivity index is 2.39. The first kappa shape index (κ1) is 15.6. The highest BCUT2D eigenvalue weighted by atomic mass is 16.5. The Bertz CT molecular complexity index is 381. The van der Waals surface area contributed by atoms with E-state index in [1.165, 1.54) is 13.3 Å². The van der Waals surface area contributed by atoms with Crippen molar-refractivity contribution in [2.45, 2.75) is 12.6 Å². The van der Waals surface area contributed by atoms with Gasteiger partial charge in [0.1, 0.15) is 0 Å². The van der Waals surface area contributed by atoms with Crippen LogP contribution in [0.3, 0.4) is 0 Å². The van der Waals surface area contributed by atoms with Gasteiger partial charge in [0.2, 0.25) is 0 Å². The number of esters is 1. The molecule has 6 nitrogen and oxygen atoms in total. The number of hydrogen-bond acceptors (Lipinski definition) is 6. The third kappa shape index (κ3) is 5.34. The highest BCUT2D eigenvalue weighted by Crippen LogP contribution is 2.02.